The van der Waals surface area contributed by atoms with Crippen LogP contribution in [0.1, 0.15) is 31.9 Å². The average molecular weight is 236 g/mol. The molecule has 4 heteroatoms. The zero-order chi connectivity index (χ0) is 12.1. The second kappa shape index (κ2) is 6.17. The highest BCUT2D eigenvalue weighted by molar-refractivity contribution is 4.97. The van der Waals surface area contributed by atoms with Crippen molar-refractivity contribution in [2.24, 2.45) is 0 Å². The Kier molecular flexibility index (Phi) is 4.57. The topological polar surface area (TPSA) is 33.1 Å². The third kappa shape index (κ3) is 3.82. The number of rotatable bonds is 8. The van der Waals surface area contributed by atoms with E-state index in [2.05, 4.69) is 33.7 Å². The summed E-state index contributed by atoms with van der Waals surface area (Å²) in [6.45, 7) is 6.40. The summed E-state index contributed by atoms with van der Waals surface area (Å²) in [6.07, 6.45) is 7.83. The Balaban J connectivity index is 1.64. The Labute approximate surface area is 104 Å². The number of nitrogens with one attached hydrogen (secondary N) is 1. The minimum absolute atomic E-state index is 0.863. The summed E-state index contributed by atoms with van der Waals surface area (Å²) in [7, 11) is 2.22. The highest BCUT2D eigenvalue weighted by Gasteiger charge is 2.25. The molecule has 1 N–H and O–H groups in total. The Hall–Kier alpha value is -0.870. The molecule has 17 heavy (non-hydrogen) atoms. The molecule has 0 aromatic carbocycles. The van der Waals surface area contributed by atoms with Gasteiger partial charge < -0.3 is 14.8 Å². The maximum absolute atomic E-state index is 4.21. The highest BCUT2D eigenvalue weighted by Crippen LogP contribution is 2.24. The molecule has 0 radical (unpaired) electrons. The van der Waals surface area contributed by atoms with Gasteiger partial charge in [0.15, 0.2) is 0 Å². The van der Waals surface area contributed by atoms with E-state index in [0.717, 1.165) is 38.6 Å². The quantitative estimate of drug-likeness (QED) is 0.694. The molecular formula is C13H24N4. The first-order valence-electron chi connectivity index (χ1n) is 6.71. The van der Waals surface area contributed by atoms with Crippen molar-refractivity contribution in [3.8, 4) is 0 Å². The van der Waals surface area contributed by atoms with Crippen molar-refractivity contribution in [2.75, 3.05) is 20.1 Å². The molecule has 1 saturated carbocycles. The van der Waals surface area contributed by atoms with Gasteiger partial charge in [0.05, 0.1) is 12.0 Å². The van der Waals surface area contributed by atoms with E-state index in [1.807, 2.05) is 12.5 Å². The van der Waals surface area contributed by atoms with E-state index in [0.29, 0.717) is 0 Å². The number of likely N-dealkylation sites (N-methyl/N-ethyl adjacent to an activating group) is 1. The summed E-state index contributed by atoms with van der Waals surface area (Å²) in [5.74, 6) is 0. The maximum atomic E-state index is 4.21. The largest absolute Gasteiger partial charge is 0.333 e. The molecule has 1 aliphatic rings. The van der Waals surface area contributed by atoms with E-state index >= 15 is 0 Å². The molecule has 4 nitrogen and oxygen atoms in total. The third-order valence-corrected chi connectivity index (χ3v) is 3.38. The summed E-state index contributed by atoms with van der Waals surface area (Å²) >= 11 is 0. The molecule has 0 spiro atoms. The van der Waals surface area contributed by atoms with Crippen LogP contribution in [-0.4, -0.2) is 40.6 Å². The first-order valence-corrected chi connectivity index (χ1v) is 6.71. The molecular weight excluding hydrogens is 212 g/mol. The normalized spacial score (nSPS) is 15.7. The number of aryl methyl sites for hydroxylation is 1. The minimum Gasteiger partial charge on any atom is -0.333 e. The second-order valence-electron chi connectivity index (χ2n) is 4.97. The molecule has 96 valence electrons. The van der Waals surface area contributed by atoms with Gasteiger partial charge in [0, 0.05) is 38.4 Å². The van der Waals surface area contributed by atoms with Crippen molar-refractivity contribution in [1.29, 1.82) is 0 Å². The highest BCUT2D eigenvalue weighted by atomic mass is 15.2. The van der Waals surface area contributed by atoms with Gasteiger partial charge in [-0.1, -0.05) is 6.92 Å². The summed E-state index contributed by atoms with van der Waals surface area (Å²) < 4.78 is 2.23. The number of hydrogen-bond donors (Lipinski definition) is 1. The van der Waals surface area contributed by atoms with Crippen LogP contribution >= 0.6 is 0 Å². The summed E-state index contributed by atoms with van der Waals surface area (Å²) in [4.78, 5) is 6.66. The lowest BCUT2D eigenvalue weighted by atomic mass is 10.4. The molecule has 1 fully saturated rings. The van der Waals surface area contributed by atoms with Gasteiger partial charge in [-0.3, -0.25) is 0 Å². The zero-order valence-corrected chi connectivity index (χ0v) is 11.0. The van der Waals surface area contributed by atoms with Gasteiger partial charge in [0.25, 0.3) is 0 Å². The monoisotopic (exact) mass is 236 g/mol. The van der Waals surface area contributed by atoms with Gasteiger partial charge in [0.2, 0.25) is 0 Å². The molecule has 0 saturated heterocycles. The predicted octanol–water partition coefficient (Wildman–Crippen LogP) is 1.48. The Morgan fingerprint density at radius 3 is 3.06 bits per heavy atom. The average Bonchev–Trinajstić information content (AvgIpc) is 3.08. The van der Waals surface area contributed by atoms with Crippen LogP contribution in [-0.2, 0) is 13.1 Å². The van der Waals surface area contributed by atoms with E-state index in [9.17, 15) is 0 Å². The fraction of sp³-hybridized carbons (Fsp3) is 0.769. The molecule has 1 aliphatic carbocycles. The van der Waals surface area contributed by atoms with Crippen molar-refractivity contribution >= 4 is 0 Å². The lowest BCUT2D eigenvalue weighted by Crippen LogP contribution is -2.30. The SMILES string of the molecule is CCCn1cncc1CNCCN(C)C1CC1. The van der Waals surface area contributed by atoms with Gasteiger partial charge in [-0.15, -0.1) is 0 Å². The summed E-state index contributed by atoms with van der Waals surface area (Å²) in [5.41, 5.74) is 1.29. The zero-order valence-electron chi connectivity index (χ0n) is 11.0. The fourth-order valence-electron chi connectivity index (χ4n) is 2.11. The van der Waals surface area contributed by atoms with E-state index < -0.39 is 0 Å². The van der Waals surface area contributed by atoms with Crippen LogP contribution in [0.3, 0.4) is 0 Å². The van der Waals surface area contributed by atoms with Gasteiger partial charge in [-0.2, -0.15) is 0 Å². The predicted molar refractivity (Wildman–Crippen MR) is 69.9 cm³/mol. The summed E-state index contributed by atoms with van der Waals surface area (Å²) in [5, 5.41) is 3.50. The molecule has 1 heterocycles. The molecule has 1 aromatic rings. The van der Waals surface area contributed by atoms with Crippen molar-refractivity contribution < 1.29 is 0 Å². The second-order valence-corrected chi connectivity index (χ2v) is 4.97. The number of aromatic nitrogens is 2. The van der Waals surface area contributed by atoms with E-state index in [1.54, 1.807) is 0 Å². The van der Waals surface area contributed by atoms with Gasteiger partial charge in [0.1, 0.15) is 0 Å². The fourth-order valence-corrected chi connectivity index (χ4v) is 2.11. The molecule has 0 amide bonds. The van der Waals surface area contributed by atoms with Crippen LogP contribution in [0.4, 0.5) is 0 Å². The molecule has 1 aromatic heterocycles. The van der Waals surface area contributed by atoms with Crippen molar-refractivity contribution in [3.05, 3.63) is 18.2 Å². The molecule has 2 rings (SSSR count). The molecule has 0 bridgehead atoms. The molecule has 0 aliphatic heterocycles. The van der Waals surface area contributed by atoms with Crippen molar-refractivity contribution in [2.45, 2.75) is 45.3 Å². The number of imidazole rings is 1. The van der Waals surface area contributed by atoms with Crippen LogP contribution in [0.5, 0.6) is 0 Å². The molecule has 0 atom stereocenters. The number of nitrogens with zero attached hydrogens (tertiary/aromatic N) is 3. The van der Waals surface area contributed by atoms with Crippen LogP contribution in [0.2, 0.25) is 0 Å². The lowest BCUT2D eigenvalue weighted by Gasteiger charge is -2.16. The lowest BCUT2D eigenvalue weighted by molar-refractivity contribution is 0.321. The van der Waals surface area contributed by atoms with Crippen molar-refractivity contribution in [1.82, 2.24) is 19.8 Å². The molecule has 0 unspecified atom stereocenters. The maximum Gasteiger partial charge on any atom is 0.0948 e. The Morgan fingerprint density at radius 2 is 2.35 bits per heavy atom. The van der Waals surface area contributed by atoms with E-state index in [-0.39, 0.29) is 0 Å². The first kappa shape index (κ1) is 12.6. The van der Waals surface area contributed by atoms with Gasteiger partial charge in [-0.25, -0.2) is 4.98 Å². The van der Waals surface area contributed by atoms with Crippen LogP contribution < -0.4 is 5.32 Å². The van der Waals surface area contributed by atoms with E-state index in [1.165, 1.54) is 18.5 Å². The van der Waals surface area contributed by atoms with Crippen LogP contribution in [0, 0.1) is 0 Å². The third-order valence-electron chi connectivity index (χ3n) is 3.38. The Morgan fingerprint density at radius 1 is 1.53 bits per heavy atom. The smallest absolute Gasteiger partial charge is 0.0948 e. The van der Waals surface area contributed by atoms with Crippen LogP contribution in [0.25, 0.3) is 0 Å². The van der Waals surface area contributed by atoms with E-state index in [4.69, 9.17) is 0 Å². The van der Waals surface area contributed by atoms with Gasteiger partial charge in [-0.05, 0) is 26.3 Å². The summed E-state index contributed by atoms with van der Waals surface area (Å²) in [6, 6.07) is 0.863. The van der Waals surface area contributed by atoms with Crippen molar-refractivity contribution in [3.63, 3.8) is 0 Å². The minimum atomic E-state index is 0.863. The Bertz CT molecular complexity index is 330. The van der Waals surface area contributed by atoms with Gasteiger partial charge >= 0.3 is 0 Å². The van der Waals surface area contributed by atoms with Crippen LogP contribution in [0.15, 0.2) is 12.5 Å². The number of hydrogen-bond acceptors (Lipinski definition) is 3. The first-order chi connectivity index (χ1) is 8.31. The standard InChI is InChI=1S/C13H24N4/c1-3-7-17-11-15-10-13(17)9-14-6-8-16(2)12-4-5-12/h10-12,14H,3-9H2,1-2H3.